The molecule has 6 heteroatoms. The van der Waals surface area contributed by atoms with Gasteiger partial charge in [0.1, 0.15) is 0 Å². The highest BCUT2D eigenvalue weighted by molar-refractivity contribution is 6.01. The van der Waals surface area contributed by atoms with E-state index in [1.165, 1.54) is 7.11 Å². The summed E-state index contributed by atoms with van der Waals surface area (Å²) in [5.74, 6) is -0.944. The highest BCUT2D eigenvalue weighted by Crippen LogP contribution is 2.15. The van der Waals surface area contributed by atoms with E-state index >= 15 is 0 Å². The number of amides is 1. The van der Waals surface area contributed by atoms with E-state index < -0.39 is 11.9 Å². The van der Waals surface area contributed by atoms with E-state index in [0.29, 0.717) is 11.4 Å². The molecule has 0 aliphatic rings. The van der Waals surface area contributed by atoms with Crippen LogP contribution in [0.5, 0.6) is 0 Å². The number of methoxy groups -OCH3 is 1. The maximum absolute atomic E-state index is 11.9. The van der Waals surface area contributed by atoms with E-state index in [-0.39, 0.29) is 12.2 Å². The van der Waals surface area contributed by atoms with Gasteiger partial charge in [-0.25, -0.2) is 4.79 Å². The predicted octanol–water partition coefficient (Wildman–Crippen LogP) is 2.85. The molecular formula is C18H18N2O4. The summed E-state index contributed by atoms with van der Waals surface area (Å²) < 4.78 is 4.68. The fraction of sp³-hybridized carbons (Fsp3) is 0.167. The van der Waals surface area contributed by atoms with Crippen molar-refractivity contribution in [1.29, 1.82) is 0 Å². The SMILES string of the molecule is COC(=O)c1ccccc1NC(=O)CON=C(C)c1ccccc1. The van der Waals surface area contributed by atoms with Crippen LogP contribution in [0.1, 0.15) is 22.8 Å². The van der Waals surface area contributed by atoms with Crippen molar-refractivity contribution in [2.45, 2.75) is 6.92 Å². The fourth-order valence-electron chi connectivity index (χ4n) is 1.99. The Morgan fingerprint density at radius 3 is 2.42 bits per heavy atom. The number of hydrogen-bond donors (Lipinski definition) is 1. The molecule has 0 aliphatic heterocycles. The standard InChI is InChI=1S/C18H18N2O4/c1-13(14-8-4-3-5-9-14)20-24-12-17(21)19-16-11-7-6-10-15(16)18(22)23-2/h3-11H,12H2,1-2H3,(H,19,21). The van der Waals surface area contributed by atoms with Gasteiger partial charge in [-0.15, -0.1) is 0 Å². The lowest BCUT2D eigenvalue weighted by atomic mass is 10.1. The monoisotopic (exact) mass is 326 g/mol. The molecule has 0 saturated heterocycles. The average molecular weight is 326 g/mol. The third-order valence-electron chi connectivity index (χ3n) is 3.20. The maximum Gasteiger partial charge on any atom is 0.339 e. The molecule has 6 nitrogen and oxygen atoms in total. The van der Waals surface area contributed by atoms with Gasteiger partial charge in [0, 0.05) is 0 Å². The zero-order valence-corrected chi connectivity index (χ0v) is 13.5. The first-order valence-electron chi connectivity index (χ1n) is 7.31. The van der Waals surface area contributed by atoms with Gasteiger partial charge in [-0.1, -0.05) is 47.6 Å². The Labute approximate surface area is 140 Å². The summed E-state index contributed by atoms with van der Waals surface area (Å²) in [6.07, 6.45) is 0. The number of carbonyl (C=O) groups is 2. The molecule has 0 heterocycles. The van der Waals surface area contributed by atoms with Crippen molar-refractivity contribution in [2.75, 3.05) is 19.0 Å². The molecule has 2 aromatic rings. The Kier molecular flexibility index (Phi) is 6.08. The summed E-state index contributed by atoms with van der Waals surface area (Å²) in [4.78, 5) is 28.7. The molecule has 0 unspecified atom stereocenters. The summed E-state index contributed by atoms with van der Waals surface area (Å²) in [5.41, 5.74) is 2.21. The van der Waals surface area contributed by atoms with E-state index in [2.05, 4.69) is 15.2 Å². The first kappa shape index (κ1) is 17.2. The van der Waals surface area contributed by atoms with E-state index in [4.69, 9.17) is 4.84 Å². The van der Waals surface area contributed by atoms with Crippen LogP contribution in [-0.2, 0) is 14.4 Å². The van der Waals surface area contributed by atoms with Crippen LogP contribution in [0, 0.1) is 0 Å². The molecule has 0 aromatic heterocycles. The minimum Gasteiger partial charge on any atom is -0.465 e. The van der Waals surface area contributed by atoms with Gasteiger partial charge in [-0.2, -0.15) is 0 Å². The van der Waals surface area contributed by atoms with Gasteiger partial charge in [0.2, 0.25) is 0 Å². The highest BCUT2D eigenvalue weighted by Gasteiger charge is 2.13. The lowest BCUT2D eigenvalue weighted by molar-refractivity contribution is -0.120. The minimum absolute atomic E-state index is 0.264. The molecule has 0 aliphatic carbocycles. The molecule has 2 aromatic carbocycles. The van der Waals surface area contributed by atoms with Crippen molar-refractivity contribution in [3.8, 4) is 0 Å². The van der Waals surface area contributed by atoms with Crippen LogP contribution >= 0.6 is 0 Å². The summed E-state index contributed by atoms with van der Waals surface area (Å²) in [6, 6.07) is 16.1. The first-order chi connectivity index (χ1) is 11.6. The number of anilines is 1. The predicted molar refractivity (Wildman–Crippen MR) is 91.0 cm³/mol. The van der Waals surface area contributed by atoms with Crippen molar-refractivity contribution in [3.05, 3.63) is 65.7 Å². The fourth-order valence-corrected chi connectivity index (χ4v) is 1.99. The third-order valence-corrected chi connectivity index (χ3v) is 3.20. The first-order valence-corrected chi connectivity index (χ1v) is 7.31. The Bertz CT molecular complexity index is 742. The van der Waals surface area contributed by atoms with Crippen molar-refractivity contribution in [3.63, 3.8) is 0 Å². The number of esters is 1. The van der Waals surface area contributed by atoms with Crippen molar-refractivity contribution < 1.29 is 19.2 Å². The van der Waals surface area contributed by atoms with Gasteiger partial charge < -0.3 is 14.9 Å². The van der Waals surface area contributed by atoms with Crippen LogP contribution in [0.25, 0.3) is 0 Å². The zero-order chi connectivity index (χ0) is 17.4. The van der Waals surface area contributed by atoms with Gasteiger partial charge >= 0.3 is 5.97 Å². The third kappa shape index (κ3) is 4.67. The van der Waals surface area contributed by atoms with Crippen LogP contribution in [0.3, 0.4) is 0 Å². The number of carbonyl (C=O) groups excluding carboxylic acids is 2. The summed E-state index contributed by atoms with van der Waals surface area (Å²) in [7, 11) is 1.28. The number of rotatable bonds is 6. The Morgan fingerprint density at radius 1 is 1.04 bits per heavy atom. The largest absolute Gasteiger partial charge is 0.465 e. The van der Waals surface area contributed by atoms with Crippen molar-refractivity contribution >= 4 is 23.3 Å². The van der Waals surface area contributed by atoms with Gasteiger partial charge in [-0.05, 0) is 24.6 Å². The molecule has 2 rings (SSSR count). The minimum atomic E-state index is -0.523. The van der Waals surface area contributed by atoms with E-state index in [1.807, 2.05) is 30.3 Å². The number of hydrogen-bond acceptors (Lipinski definition) is 5. The number of nitrogens with zero attached hydrogens (tertiary/aromatic N) is 1. The van der Waals surface area contributed by atoms with Crippen LogP contribution in [0.2, 0.25) is 0 Å². The van der Waals surface area contributed by atoms with E-state index in [0.717, 1.165) is 5.56 Å². The topological polar surface area (TPSA) is 77.0 Å². The highest BCUT2D eigenvalue weighted by atomic mass is 16.6. The van der Waals surface area contributed by atoms with Crippen molar-refractivity contribution in [1.82, 2.24) is 0 Å². The lowest BCUT2D eigenvalue weighted by Gasteiger charge is -2.09. The van der Waals surface area contributed by atoms with Gasteiger partial charge in [0.15, 0.2) is 6.61 Å². The Balaban J connectivity index is 1.94. The molecule has 1 N–H and O–H groups in total. The molecule has 0 atom stereocenters. The van der Waals surface area contributed by atoms with Crippen LogP contribution in [0.15, 0.2) is 59.8 Å². The lowest BCUT2D eigenvalue weighted by Crippen LogP contribution is -2.19. The normalized spacial score (nSPS) is 10.8. The van der Waals surface area contributed by atoms with Gasteiger partial charge in [0.05, 0.1) is 24.1 Å². The summed E-state index contributed by atoms with van der Waals surface area (Å²) in [6.45, 7) is 1.53. The molecule has 124 valence electrons. The second-order valence-electron chi connectivity index (χ2n) is 4.90. The number of para-hydroxylation sites is 1. The number of ether oxygens (including phenoxy) is 1. The molecule has 0 bridgehead atoms. The average Bonchev–Trinajstić information content (AvgIpc) is 2.62. The molecule has 0 spiro atoms. The Hall–Kier alpha value is -3.15. The van der Waals surface area contributed by atoms with E-state index in [9.17, 15) is 9.59 Å². The van der Waals surface area contributed by atoms with Crippen LogP contribution in [-0.4, -0.2) is 31.3 Å². The molecule has 24 heavy (non-hydrogen) atoms. The molecule has 0 saturated carbocycles. The zero-order valence-electron chi connectivity index (χ0n) is 13.5. The summed E-state index contributed by atoms with van der Waals surface area (Å²) >= 11 is 0. The smallest absolute Gasteiger partial charge is 0.339 e. The molecular weight excluding hydrogens is 308 g/mol. The molecule has 1 amide bonds. The van der Waals surface area contributed by atoms with Crippen LogP contribution in [0.4, 0.5) is 5.69 Å². The molecule has 0 radical (unpaired) electrons. The van der Waals surface area contributed by atoms with E-state index in [1.54, 1.807) is 31.2 Å². The molecule has 0 fully saturated rings. The second kappa shape index (κ2) is 8.47. The van der Waals surface area contributed by atoms with Crippen molar-refractivity contribution in [2.24, 2.45) is 5.16 Å². The quantitative estimate of drug-likeness (QED) is 0.503. The van der Waals surface area contributed by atoms with Crippen LogP contribution < -0.4 is 5.32 Å². The number of benzene rings is 2. The van der Waals surface area contributed by atoms with Gasteiger partial charge in [-0.3, -0.25) is 4.79 Å². The number of oxime groups is 1. The maximum atomic E-state index is 11.9. The number of nitrogens with one attached hydrogen (secondary N) is 1. The second-order valence-corrected chi connectivity index (χ2v) is 4.90. The van der Waals surface area contributed by atoms with Gasteiger partial charge in [0.25, 0.3) is 5.91 Å². The Morgan fingerprint density at radius 2 is 1.71 bits per heavy atom. The summed E-state index contributed by atoms with van der Waals surface area (Å²) in [5, 5.41) is 6.52.